The molecule has 2 rings (SSSR count). The van der Waals surface area contributed by atoms with Gasteiger partial charge in [-0.3, -0.25) is 4.79 Å². The van der Waals surface area contributed by atoms with Crippen LogP contribution < -0.4 is 10.5 Å². The normalized spacial score (nSPS) is 20.5. The summed E-state index contributed by atoms with van der Waals surface area (Å²) in [6, 6.07) is 9.56. The summed E-state index contributed by atoms with van der Waals surface area (Å²) in [5.74, 6) is 0.845. The van der Waals surface area contributed by atoms with Crippen LogP contribution in [-0.2, 0) is 9.53 Å². The Bertz CT molecular complexity index is 458. The summed E-state index contributed by atoms with van der Waals surface area (Å²) in [5.41, 5.74) is 5.80. The molecule has 1 aliphatic heterocycles. The monoisotopic (exact) mass is 328 g/mol. The third-order valence-electron chi connectivity index (χ3n) is 3.87. The molecule has 1 atom stereocenters. The minimum absolute atomic E-state index is 0. The zero-order valence-corrected chi connectivity index (χ0v) is 13.8. The van der Waals surface area contributed by atoms with Crippen molar-refractivity contribution < 1.29 is 14.3 Å². The number of benzene rings is 1. The first-order chi connectivity index (χ1) is 10.1. The van der Waals surface area contributed by atoms with Gasteiger partial charge in [-0.15, -0.1) is 12.4 Å². The molecule has 1 amide bonds. The number of carbonyl (C=O) groups excluding carboxylic acids is 1. The minimum atomic E-state index is 0. The number of nitrogens with zero attached hydrogens (tertiary/aromatic N) is 1. The van der Waals surface area contributed by atoms with Crippen LogP contribution in [0.1, 0.15) is 13.3 Å². The maximum Gasteiger partial charge on any atom is 0.248 e. The zero-order chi connectivity index (χ0) is 15.1. The van der Waals surface area contributed by atoms with Crippen molar-refractivity contribution in [2.24, 2.45) is 11.1 Å². The standard InChI is InChI=1S/C16H24N2O3.ClH/c1-16(12-17)7-8-18(13-16)15(19)11-20-9-10-21-14-5-3-2-4-6-14;/h2-6H,7-13,17H2,1H3;1H. The van der Waals surface area contributed by atoms with Gasteiger partial charge in [0.2, 0.25) is 5.91 Å². The van der Waals surface area contributed by atoms with Gasteiger partial charge in [-0.25, -0.2) is 0 Å². The lowest BCUT2D eigenvalue weighted by Crippen LogP contribution is -2.36. The molecule has 1 aromatic rings. The lowest BCUT2D eigenvalue weighted by atomic mass is 9.90. The molecule has 5 nitrogen and oxygen atoms in total. The fourth-order valence-corrected chi connectivity index (χ4v) is 2.39. The van der Waals surface area contributed by atoms with Crippen LogP contribution in [0.15, 0.2) is 30.3 Å². The van der Waals surface area contributed by atoms with Crippen molar-refractivity contribution in [3.05, 3.63) is 30.3 Å². The van der Waals surface area contributed by atoms with Crippen molar-refractivity contribution >= 4 is 18.3 Å². The number of carbonyl (C=O) groups is 1. The molecule has 0 aromatic heterocycles. The van der Waals surface area contributed by atoms with E-state index in [1.54, 1.807) is 0 Å². The first-order valence-corrected chi connectivity index (χ1v) is 7.36. The second-order valence-corrected chi connectivity index (χ2v) is 5.79. The van der Waals surface area contributed by atoms with Crippen LogP contribution in [-0.4, -0.2) is 50.3 Å². The van der Waals surface area contributed by atoms with E-state index in [0.29, 0.717) is 19.8 Å². The Balaban J connectivity index is 0.00000242. The Kier molecular flexibility index (Phi) is 7.65. The van der Waals surface area contributed by atoms with E-state index in [2.05, 4.69) is 6.92 Å². The molecular formula is C16H25ClN2O3. The molecule has 22 heavy (non-hydrogen) atoms. The second-order valence-electron chi connectivity index (χ2n) is 5.79. The minimum Gasteiger partial charge on any atom is -0.491 e. The van der Waals surface area contributed by atoms with Gasteiger partial charge in [0, 0.05) is 13.1 Å². The number of halogens is 1. The fraction of sp³-hybridized carbons (Fsp3) is 0.562. The number of ether oxygens (including phenoxy) is 2. The first-order valence-electron chi connectivity index (χ1n) is 7.36. The lowest BCUT2D eigenvalue weighted by Gasteiger charge is -2.22. The van der Waals surface area contributed by atoms with Crippen LogP contribution in [0.4, 0.5) is 0 Å². The zero-order valence-electron chi connectivity index (χ0n) is 13.0. The van der Waals surface area contributed by atoms with Crippen LogP contribution in [0.5, 0.6) is 5.75 Å². The third kappa shape index (κ3) is 5.48. The largest absolute Gasteiger partial charge is 0.491 e. The molecule has 1 heterocycles. The Hall–Kier alpha value is -1.30. The Labute approximate surface area is 138 Å². The van der Waals surface area contributed by atoms with Crippen LogP contribution in [0.25, 0.3) is 0 Å². The fourth-order valence-electron chi connectivity index (χ4n) is 2.39. The molecule has 1 fully saturated rings. The number of hydrogen-bond acceptors (Lipinski definition) is 4. The molecule has 1 unspecified atom stereocenters. The number of para-hydroxylation sites is 1. The lowest BCUT2D eigenvalue weighted by molar-refractivity contribution is -0.135. The van der Waals surface area contributed by atoms with Crippen molar-refractivity contribution in [3.63, 3.8) is 0 Å². The van der Waals surface area contributed by atoms with Gasteiger partial charge in [0.1, 0.15) is 19.0 Å². The van der Waals surface area contributed by atoms with E-state index in [0.717, 1.165) is 25.3 Å². The molecule has 1 saturated heterocycles. The summed E-state index contributed by atoms with van der Waals surface area (Å²) in [5, 5.41) is 0. The van der Waals surface area contributed by atoms with Crippen molar-refractivity contribution in [1.29, 1.82) is 0 Å². The van der Waals surface area contributed by atoms with E-state index in [1.165, 1.54) is 0 Å². The predicted molar refractivity (Wildman–Crippen MR) is 88.4 cm³/mol. The Morgan fingerprint density at radius 3 is 2.68 bits per heavy atom. The summed E-state index contributed by atoms with van der Waals surface area (Å²) in [6.45, 7) is 5.19. The van der Waals surface area contributed by atoms with E-state index in [1.807, 2.05) is 35.2 Å². The van der Waals surface area contributed by atoms with Crippen molar-refractivity contribution in [3.8, 4) is 5.75 Å². The molecule has 0 aliphatic carbocycles. The molecular weight excluding hydrogens is 304 g/mol. The number of nitrogens with two attached hydrogens (primary N) is 1. The molecule has 0 radical (unpaired) electrons. The van der Waals surface area contributed by atoms with Gasteiger partial charge in [-0.2, -0.15) is 0 Å². The van der Waals surface area contributed by atoms with Crippen LogP contribution in [0.2, 0.25) is 0 Å². The summed E-state index contributed by atoms with van der Waals surface area (Å²) in [4.78, 5) is 13.8. The van der Waals surface area contributed by atoms with Crippen LogP contribution >= 0.6 is 12.4 Å². The molecule has 0 bridgehead atoms. The summed E-state index contributed by atoms with van der Waals surface area (Å²) >= 11 is 0. The van der Waals surface area contributed by atoms with E-state index in [-0.39, 0.29) is 30.3 Å². The molecule has 1 aliphatic rings. The summed E-state index contributed by atoms with van der Waals surface area (Å²) < 4.78 is 10.9. The SMILES string of the molecule is CC1(CN)CCN(C(=O)COCCOc2ccccc2)C1.Cl. The average Bonchev–Trinajstić information content (AvgIpc) is 2.91. The number of hydrogen-bond donors (Lipinski definition) is 1. The highest BCUT2D eigenvalue weighted by atomic mass is 35.5. The van der Waals surface area contributed by atoms with Crippen molar-refractivity contribution in [2.75, 3.05) is 39.5 Å². The van der Waals surface area contributed by atoms with E-state index < -0.39 is 0 Å². The maximum absolute atomic E-state index is 12.0. The molecule has 0 saturated carbocycles. The van der Waals surface area contributed by atoms with Crippen molar-refractivity contribution in [1.82, 2.24) is 4.90 Å². The van der Waals surface area contributed by atoms with Gasteiger partial charge in [0.15, 0.2) is 0 Å². The quantitative estimate of drug-likeness (QED) is 0.774. The topological polar surface area (TPSA) is 64.8 Å². The highest BCUT2D eigenvalue weighted by molar-refractivity contribution is 5.85. The van der Waals surface area contributed by atoms with E-state index in [9.17, 15) is 4.79 Å². The van der Waals surface area contributed by atoms with Crippen LogP contribution in [0, 0.1) is 5.41 Å². The predicted octanol–water partition coefficient (Wildman–Crippen LogP) is 1.70. The number of amides is 1. The number of rotatable bonds is 7. The highest BCUT2D eigenvalue weighted by Crippen LogP contribution is 2.28. The molecule has 6 heteroatoms. The third-order valence-corrected chi connectivity index (χ3v) is 3.87. The first kappa shape index (κ1) is 18.7. The highest BCUT2D eigenvalue weighted by Gasteiger charge is 2.34. The van der Waals surface area contributed by atoms with E-state index >= 15 is 0 Å². The summed E-state index contributed by atoms with van der Waals surface area (Å²) in [6.07, 6.45) is 0.965. The van der Waals surface area contributed by atoms with Crippen LogP contribution in [0.3, 0.4) is 0 Å². The molecule has 2 N–H and O–H groups in total. The van der Waals surface area contributed by atoms with Gasteiger partial charge >= 0.3 is 0 Å². The molecule has 124 valence electrons. The van der Waals surface area contributed by atoms with Gasteiger partial charge in [0.05, 0.1) is 6.61 Å². The van der Waals surface area contributed by atoms with Gasteiger partial charge < -0.3 is 20.1 Å². The Morgan fingerprint density at radius 1 is 1.32 bits per heavy atom. The van der Waals surface area contributed by atoms with E-state index in [4.69, 9.17) is 15.2 Å². The van der Waals surface area contributed by atoms with Crippen molar-refractivity contribution in [2.45, 2.75) is 13.3 Å². The maximum atomic E-state index is 12.0. The number of likely N-dealkylation sites (tertiary alicyclic amines) is 1. The van der Waals surface area contributed by atoms with Gasteiger partial charge in [-0.1, -0.05) is 25.1 Å². The smallest absolute Gasteiger partial charge is 0.248 e. The molecule has 0 spiro atoms. The molecule has 1 aromatic carbocycles. The Morgan fingerprint density at radius 2 is 2.05 bits per heavy atom. The summed E-state index contributed by atoms with van der Waals surface area (Å²) in [7, 11) is 0. The second kappa shape index (κ2) is 8.98. The average molecular weight is 329 g/mol. The van der Waals surface area contributed by atoms with Gasteiger partial charge in [-0.05, 0) is 30.5 Å². The van der Waals surface area contributed by atoms with Gasteiger partial charge in [0.25, 0.3) is 0 Å².